The van der Waals surface area contributed by atoms with Crippen molar-refractivity contribution in [1.29, 1.82) is 0 Å². The van der Waals surface area contributed by atoms with Crippen molar-refractivity contribution in [3.63, 3.8) is 0 Å². The molecule has 0 aromatic heterocycles. The topological polar surface area (TPSA) is 12.0 Å². The molecule has 0 radical (unpaired) electrons. The molecule has 2 atom stereocenters. The summed E-state index contributed by atoms with van der Waals surface area (Å²) in [6.45, 7) is 6.77. The highest BCUT2D eigenvalue weighted by atomic mass is 35.5. The summed E-state index contributed by atoms with van der Waals surface area (Å²) < 4.78 is 0. The second kappa shape index (κ2) is 8.41. The van der Waals surface area contributed by atoms with E-state index >= 15 is 0 Å². The summed E-state index contributed by atoms with van der Waals surface area (Å²) in [6, 6.07) is 6.01. The molecular formula is C18H27Cl2N. The van der Waals surface area contributed by atoms with E-state index in [-0.39, 0.29) is 0 Å². The lowest BCUT2D eigenvalue weighted by Gasteiger charge is -2.32. The molecule has 118 valence electrons. The lowest BCUT2D eigenvalue weighted by atomic mass is 9.76. The molecule has 2 unspecified atom stereocenters. The Labute approximate surface area is 139 Å². The quantitative estimate of drug-likeness (QED) is 0.718. The van der Waals surface area contributed by atoms with Gasteiger partial charge in [-0.05, 0) is 61.7 Å². The highest BCUT2D eigenvalue weighted by molar-refractivity contribution is 6.42. The molecule has 0 heterocycles. The van der Waals surface area contributed by atoms with Crippen LogP contribution in [0.25, 0.3) is 0 Å². The van der Waals surface area contributed by atoms with E-state index in [1.165, 1.54) is 31.2 Å². The van der Waals surface area contributed by atoms with Gasteiger partial charge in [-0.2, -0.15) is 0 Å². The number of rotatable bonds is 6. The minimum atomic E-state index is 0.680. The van der Waals surface area contributed by atoms with E-state index in [2.05, 4.69) is 25.2 Å². The van der Waals surface area contributed by atoms with Crippen LogP contribution >= 0.6 is 23.2 Å². The molecule has 0 saturated heterocycles. The van der Waals surface area contributed by atoms with Crippen LogP contribution in [0.1, 0.15) is 45.1 Å². The predicted octanol–water partition coefficient (Wildman–Crippen LogP) is 5.59. The second-order valence-corrected chi connectivity index (χ2v) is 7.56. The normalized spacial score (nSPS) is 22.7. The number of hydrogen-bond acceptors (Lipinski definition) is 1. The van der Waals surface area contributed by atoms with Crippen molar-refractivity contribution in [2.24, 2.45) is 17.8 Å². The number of benzene rings is 1. The Morgan fingerprint density at radius 2 is 1.86 bits per heavy atom. The largest absolute Gasteiger partial charge is 0.316 e. The van der Waals surface area contributed by atoms with E-state index in [4.69, 9.17) is 23.2 Å². The van der Waals surface area contributed by atoms with Gasteiger partial charge in [0, 0.05) is 0 Å². The summed E-state index contributed by atoms with van der Waals surface area (Å²) >= 11 is 12.5. The zero-order valence-corrected chi connectivity index (χ0v) is 14.7. The molecule has 1 aliphatic rings. The molecule has 1 N–H and O–H groups in total. The van der Waals surface area contributed by atoms with Crippen LogP contribution in [0.5, 0.6) is 0 Å². The minimum absolute atomic E-state index is 0.680. The van der Waals surface area contributed by atoms with Crippen LogP contribution in [-0.4, -0.2) is 13.1 Å². The zero-order chi connectivity index (χ0) is 15.2. The Hall–Kier alpha value is -0.240. The maximum absolute atomic E-state index is 6.36. The van der Waals surface area contributed by atoms with Gasteiger partial charge in [0.1, 0.15) is 0 Å². The van der Waals surface area contributed by atoms with Crippen molar-refractivity contribution in [2.75, 3.05) is 13.1 Å². The molecule has 2 rings (SSSR count). The van der Waals surface area contributed by atoms with Gasteiger partial charge in [0.15, 0.2) is 0 Å². The van der Waals surface area contributed by atoms with Gasteiger partial charge in [0.05, 0.1) is 10.0 Å². The van der Waals surface area contributed by atoms with Gasteiger partial charge < -0.3 is 5.32 Å². The summed E-state index contributed by atoms with van der Waals surface area (Å²) in [5.74, 6) is 2.22. The van der Waals surface area contributed by atoms with Crippen LogP contribution in [0.4, 0.5) is 0 Å². The van der Waals surface area contributed by atoms with Crippen LogP contribution in [-0.2, 0) is 6.42 Å². The third-order valence-corrected chi connectivity index (χ3v) is 5.40. The molecule has 1 saturated carbocycles. The van der Waals surface area contributed by atoms with E-state index in [1.54, 1.807) is 0 Å². The molecule has 1 aliphatic carbocycles. The van der Waals surface area contributed by atoms with Gasteiger partial charge in [-0.15, -0.1) is 0 Å². The molecule has 1 aromatic rings. The molecule has 3 heteroatoms. The minimum Gasteiger partial charge on any atom is -0.316 e. The average Bonchev–Trinajstić information content (AvgIpc) is 2.45. The fourth-order valence-corrected chi connectivity index (χ4v) is 3.77. The molecule has 1 nitrogen and oxygen atoms in total. The van der Waals surface area contributed by atoms with Gasteiger partial charge in [0.25, 0.3) is 0 Å². The summed E-state index contributed by atoms with van der Waals surface area (Å²) in [7, 11) is 0. The molecular weight excluding hydrogens is 301 g/mol. The van der Waals surface area contributed by atoms with Crippen LogP contribution < -0.4 is 5.32 Å². The third kappa shape index (κ3) is 5.16. The third-order valence-electron chi connectivity index (χ3n) is 4.54. The zero-order valence-electron chi connectivity index (χ0n) is 13.2. The first kappa shape index (κ1) is 17.1. The Morgan fingerprint density at radius 1 is 1.14 bits per heavy atom. The molecule has 0 aliphatic heterocycles. The van der Waals surface area contributed by atoms with Gasteiger partial charge in [-0.25, -0.2) is 0 Å². The van der Waals surface area contributed by atoms with E-state index in [1.807, 2.05) is 12.1 Å². The van der Waals surface area contributed by atoms with Crippen LogP contribution in [0, 0.1) is 17.8 Å². The lowest BCUT2D eigenvalue weighted by molar-refractivity contribution is 0.226. The first-order chi connectivity index (χ1) is 10.1. The van der Waals surface area contributed by atoms with Crippen molar-refractivity contribution in [1.82, 2.24) is 5.32 Å². The predicted molar refractivity (Wildman–Crippen MR) is 93.3 cm³/mol. The van der Waals surface area contributed by atoms with Gasteiger partial charge in [-0.1, -0.05) is 62.0 Å². The SMILES string of the molecule is CC(C)CNCC1CCCCC1Cc1cccc(Cl)c1Cl. The molecule has 21 heavy (non-hydrogen) atoms. The van der Waals surface area contributed by atoms with Crippen molar-refractivity contribution in [3.8, 4) is 0 Å². The molecule has 1 fully saturated rings. The lowest BCUT2D eigenvalue weighted by Crippen LogP contribution is -2.33. The Balaban J connectivity index is 1.96. The summed E-state index contributed by atoms with van der Waals surface area (Å²) in [5, 5.41) is 5.07. The Bertz CT molecular complexity index is 445. The molecule has 1 aromatic carbocycles. The number of halogens is 2. The molecule has 0 bridgehead atoms. The first-order valence-electron chi connectivity index (χ1n) is 8.21. The maximum atomic E-state index is 6.36. The van der Waals surface area contributed by atoms with Gasteiger partial charge in [-0.3, -0.25) is 0 Å². The van der Waals surface area contributed by atoms with Gasteiger partial charge >= 0.3 is 0 Å². The van der Waals surface area contributed by atoms with Crippen molar-refractivity contribution < 1.29 is 0 Å². The summed E-state index contributed by atoms with van der Waals surface area (Å²) in [5.41, 5.74) is 1.21. The second-order valence-electron chi connectivity index (χ2n) is 6.77. The summed E-state index contributed by atoms with van der Waals surface area (Å²) in [4.78, 5) is 0. The fourth-order valence-electron chi connectivity index (χ4n) is 3.37. The van der Waals surface area contributed by atoms with Crippen molar-refractivity contribution in [3.05, 3.63) is 33.8 Å². The standard InChI is InChI=1S/C18H27Cl2N/c1-13(2)11-21-12-16-7-4-3-6-14(16)10-15-8-5-9-17(19)18(15)20/h5,8-9,13-14,16,21H,3-4,6-7,10-12H2,1-2H3. The van der Waals surface area contributed by atoms with Crippen LogP contribution in [0.15, 0.2) is 18.2 Å². The van der Waals surface area contributed by atoms with Crippen LogP contribution in [0.3, 0.4) is 0 Å². The molecule has 0 spiro atoms. The van der Waals surface area contributed by atoms with Gasteiger partial charge in [0.2, 0.25) is 0 Å². The average molecular weight is 328 g/mol. The smallest absolute Gasteiger partial charge is 0.0624 e. The maximum Gasteiger partial charge on any atom is 0.0624 e. The Kier molecular flexibility index (Phi) is 6.85. The summed E-state index contributed by atoms with van der Waals surface area (Å²) in [6.07, 6.45) is 6.44. The van der Waals surface area contributed by atoms with E-state index in [0.29, 0.717) is 5.02 Å². The van der Waals surface area contributed by atoms with E-state index in [9.17, 15) is 0 Å². The van der Waals surface area contributed by atoms with E-state index in [0.717, 1.165) is 42.3 Å². The van der Waals surface area contributed by atoms with Crippen LogP contribution in [0.2, 0.25) is 10.0 Å². The number of nitrogens with one attached hydrogen (secondary N) is 1. The highest BCUT2D eigenvalue weighted by Gasteiger charge is 2.25. The highest BCUT2D eigenvalue weighted by Crippen LogP contribution is 2.35. The Morgan fingerprint density at radius 3 is 2.57 bits per heavy atom. The number of hydrogen-bond donors (Lipinski definition) is 1. The first-order valence-corrected chi connectivity index (χ1v) is 8.97. The monoisotopic (exact) mass is 327 g/mol. The molecule has 0 amide bonds. The van der Waals surface area contributed by atoms with Crippen molar-refractivity contribution >= 4 is 23.2 Å². The van der Waals surface area contributed by atoms with E-state index < -0.39 is 0 Å². The van der Waals surface area contributed by atoms with Crippen molar-refractivity contribution in [2.45, 2.75) is 46.0 Å². The fraction of sp³-hybridized carbons (Fsp3) is 0.667.